The Morgan fingerprint density at radius 1 is 0.899 bits per heavy atom. The van der Waals surface area contributed by atoms with Crippen LogP contribution in [0.15, 0.2) is 59.3 Å². The van der Waals surface area contributed by atoms with Crippen LogP contribution >= 0.6 is 0 Å². The summed E-state index contributed by atoms with van der Waals surface area (Å²) in [5.74, 6) is -8.11. The zero-order chi connectivity index (χ0) is 51.3. The number of amides is 1. The average Bonchev–Trinajstić information content (AvgIpc) is 3.31. The lowest BCUT2D eigenvalue weighted by molar-refractivity contribution is -0.265. The number of piperidine rings is 1. The molecule has 3 N–H and O–H groups in total. The number of cyclic esters (lactones) is 1. The van der Waals surface area contributed by atoms with Crippen LogP contribution in [-0.2, 0) is 47.7 Å². The number of hydrogen-bond donors (Lipinski definition) is 3. The molecule has 1 aliphatic carbocycles. The minimum Gasteiger partial charge on any atom is -0.460 e. The van der Waals surface area contributed by atoms with Crippen LogP contribution in [0.25, 0.3) is 0 Å². The maximum absolute atomic E-state index is 14.4. The van der Waals surface area contributed by atoms with E-state index in [1.54, 1.807) is 41.1 Å². The number of fused-ring (bicyclic) bond motifs is 3. The van der Waals surface area contributed by atoms with Crippen LogP contribution < -0.4 is 0 Å². The normalized spacial score (nSPS) is 39.2. The lowest BCUT2D eigenvalue weighted by atomic mass is 9.78. The van der Waals surface area contributed by atoms with E-state index in [2.05, 4.69) is 6.58 Å². The summed E-state index contributed by atoms with van der Waals surface area (Å²) in [5.41, 5.74) is 3.19. The first-order valence-electron chi connectivity index (χ1n) is 25.4. The van der Waals surface area contributed by atoms with Gasteiger partial charge in [-0.2, -0.15) is 0 Å². The number of carbonyl (C=O) groups is 5. The Hall–Kier alpha value is -3.63. The molecule has 3 fully saturated rings. The lowest BCUT2D eigenvalue weighted by Gasteiger charge is -2.42. The second-order valence-electron chi connectivity index (χ2n) is 21.1. The Labute approximate surface area is 411 Å². The minimum atomic E-state index is -2.45. The summed E-state index contributed by atoms with van der Waals surface area (Å²) in [6.45, 7) is 18.9. The molecule has 14 heteroatoms. The molecule has 3 aliphatic heterocycles. The van der Waals surface area contributed by atoms with Crippen molar-refractivity contribution in [3.63, 3.8) is 0 Å². The van der Waals surface area contributed by atoms with Crippen molar-refractivity contribution in [2.45, 2.75) is 193 Å². The topological polar surface area (TPSA) is 195 Å². The van der Waals surface area contributed by atoms with Crippen LogP contribution in [0.1, 0.15) is 139 Å². The fourth-order valence-electron chi connectivity index (χ4n) is 10.6. The fraction of sp³-hybridized carbons (Fsp3) is 0.727. The largest absolute Gasteiger partial charge is 0.460 e. The summed E-state index contributed by atoms with van der Waals surface area (Å²) in [6.07, 6.45) is 10.0. The molecule has 2 saturated heterocycles. The minimum absolute atomic E-state index is 0.0234. The number of aliphatic hydroxyl groups excluding tert-OH is 2. The van der Waals surface area contributed by atoms with E-state index in [0.29, 0.717) is 69.8 Å². The SMILES string of the molecule is C=C(C)CC1=C\C=C(/C)[C@@H](OC)C[C@@H]2CC[C@@H](C)[C@@](O)(O2)C(=O)C(=O)N2CCCC[C@H]2C(=O)O[C@H]([C@H](C)C[C@@H]2CC[C@@H](O)[C@H](OC)C2)CC(=O)[C@H](C)/C=C(\C)[C@@H](O)[C@@H](OC)C(=O)[C@H](C)C[C@H](C)\C=C\1. The highest BCUT2D eigenvalue weighted by atomic mass is 16.6. The molecule has 388 valence electrons. The standard InChI is InChI=1S/C55H85NO13/c1-32(2)25-40-19-16-33(3)26-37(7)49(59)51(67-12)50(60)38(8)27-35(5)45(58)31-47(36(6)28-41-21-23-44(57)48(29-41)66-11)68-54(63)43-15-13-14-24-56(43)53(62)52(61)55(64)39(9)18-22-42(69-55)30-46(65-10)34(4)17-20-40/h16-17,19-20,27,33,35-37,39,41-44,46-48,50-51,57,60,64H,1,13-15,18,21-26,28-31H2,2-12H3/b19-16+,34-17+,38-27+,40-20-/t33-,35-,36-,37-,39-,41+,42+,43+,44-,46+,47+,48-,50-,51+,55-/m1/s1. The van der Waals surface area contributed by atoms with Crippen molar-refractivity contribution in [2.24, 2.45) is 35.5 Å². The van der Waals surface area contributed by atoms with Gasteiger partial charge in [-0.1, -0.05) is 77.2 Å². The van der Waals surface area contributed by atoms with Gasteiger partial charge in [0.05, 0.1) is 24.4 Å². The Kier molecular flexibility index (Phi) is 22.4. The molecule has 4 rings (SSSR count). The summed E-state index contributed by atoms with van der Waals surface area (Å²) in [4.78, 5) is 72.3. The molecular weight excluding hydrogens is 883 g/mol. The van der Waals surface area contributed by atoms with Gasteiger partial charge in [-0.15, -0.1) is 0 Å². The molecular formula is C55H85NO13. The van der Waals surface area contributed by atoms with Gasteiger partial charge >= 0.3 is 5.97 Å². The molecule has 14 nitrogen and oxygen atoms in total. The number of aliphatic hydroxyl groups is 3. The molecule has 0 aromatic rings. The van der Waals surface area contributed by atoms with Gasteiger partial charge in [-0.05, 0) is 126 Å². The van der Waals surface area contributed by atoms with Crippen LogP contribution in [0.4, 0.5) is 0 Å². The number of nitrogens with zero attached hydrogens (tertiary/aromatic N) is 1. The van der Waals surface area contributed by atoms with Crippen LogP contribution in [-0.4, -0.2) is 132 Å². The Bertz CT molecular complexity index is 1920. The van der Waals surface area contributed by atoms with Gasteiger partial charge in [-0.3, -0.25) is 19.2 Å². The number of Topliss-reactive ketones (excluding diaryl/α,β-unsaturated/α-hetero) is 3. The number of rotatable bonds is 8. The molecule has 0 unspecified atom stereocenters. The maximum Gasteiger partial charge on any atom is 0.329 e. The molecule has 2 bridgehead atoms. The van der Waals surface area contributed by atoms with E-state index in [1.165, 1.54) is 12.0 Å². The van der Waals surface area contributed by atoms with E-state index in [9.17, 15) is 39.3 Å². The number of esters is 1. The van der Waals surface area contributed by atoms with Gasteiger partial charge < -0.3 is 43.9 Å². The first-order chi connectivity index (χ1) is 32.5. The smallest absolute Gasteiger partial charge is 0.329 e. The highest BCUT2D eigenvalue weighted by molar-refractivity contribution is 6.39. The molecule has 0 aromatic heterocycles. The predicted octanol–water partition coefficient (Wildman–Crippen LogP) is 7.52. The highest BCUT2D eigenvalue weighted by Crippen LogP contribution is 2.38. The van der Waals surface area contributed by atoms with Gasteiger partial charge in [0.1, 0.15) is 30.1 Å². The Morgan fingerprint density at radius 3 is 2.26 bits per heavy atom. The van der Waals surface area contributed by atoms with E-state index in [1.807, 2.05) is 58.9 Å². The second-order valence-corrected chi connectivity index (χ2v) is 21.1. The third kappa shape index (κ3) is 15.7. The summed E-state index contributed by atoms with van der Waals surface area (Å²) in [6, 6.07) is -1.15. The van der Waals surface area contributed by atoms with Crippen molar-refractivity contribution < 1.29 is 63.0 Å². The maximum atomic E-state index is 14.4. The Balaban J connectivity index is 1.75. The predicted molar refractivity (Wildman–Crippen MR) is 264 cm³/mol. The summed E-state index contributed by atoms with van der Waals surface area (Å²) in [7, 11) is 4.53. The third-order valence-corrected chi connectivity index (χ3v) is 15.2. The molecule has 69 heavy (non-hydrogen) atoms. The van der Waals surface area contributed by atoms with E-state index in [-0.39, 0.29) is 54.8 Å². The van der Waals surface area contributed by atoms with Crippen LogP contribution in [0.5, 0.6) is 0 Å². The van der Waals surface area contributed by atoms with Crippen molar-refractivity contribution in [1.29, 1.82) is 0 Å². The molecule has 1 saturated carbocycles. The molecule has 0 spiro atoms. The van der Waals surface area contributed by atoms with Crippen LogP contribution in [0.3, 0.4) is 0 Å². The molecule has 3 heterocycles. The van der Waals surface area contributed by atoms with Gasteiger partial charge in [0.25, 0.3) is 11.7 Å². The average molecular weight is 968 g/mol. The molecule has 1 amide bonds. The Morgan fingerprint density at radius 2 is 1.61 bits per heavy atom. The van der Waals surface area contributed by atoms with Gasteiger partial charge in [0.2, 0.25) is 5.79 Å². The molecule has 0 aromatic carbocycles. The molecule has 0 radical (unpaired) electrons. The highest BCUT2D eigenvalue weighted by Gasteiger charge is 2.53. The van der Waals surface area contributed by atoms with Crippen LogP contribution in [0, 0.1) is 35.5 Å². The number of allylic oxidation sites excluding steroid dienone is 7. The van der Waals surface area contributed by atoms with Crippen molar-refractivity contribution in [1.82, 2.24) is 4.90 Å². The third-order valence-electron chi connectivity index (χ3n) is 15.2. The lowest BCUT2D eigenvalue weighted by Crippen LogP contribution is -2.61. The summed E-state index contributed by atoms with van der Waals surface area (Å²) < 4.78 is 29.6. The van der Waals surface area contributed by atoms with Gasteiger partial charge in [-0.25, -0.2) is 4.79 Å². The number of carbonyl (C=O) groups excluding carboxylic acids is 5. The monoisotopic (exact) mass is 968 g/mol. The van der Waals surface area contributed by atoms with Crippen molar-refractivity contribution in [3.05, 3.63) is 59.3 Å². The first-order valence-corrected chi connectivity index (χ1v) is 25.4. The van der Waals surface area contributed by atoms with Gasteiger partial charge in [0, 0.05) is 58.5 Å². The number of methoxy groups -OCH3 is 3. The van der Waals surface area contributed by atoms with Gasteiger partial charge in [0.15, 0.2) is 5.78 Å². The zero-order valence-electron chi connectivity index (χ0n) is 43.4. The van der Waals surface area contributed by atoms with E-state index < -0.39 is 83.9 Å². The van der Waals surface area contributed by atoms with Crippen molar-refractivity contribution >= 4 is 29.2 Å². The number of hydrogen-bond acceptors (Lipinski definition) is 13. The van der Waals surface area contributed by atoms with E-state index >= 15 is 0 Å². The van der Waals surface area contributed by atoms with E-state index in [0.717, 1.165) is 23.1 Å². The second kappa shape index (κ2) is 26.7. The van der Waals surface area contributed by atoms with Crippen molar-refractivity contribution in [2.75, 3.05) is 27.9 Å². The quantitative estimate of drug-likeness (QED) is 0.123. The summed E-state index contributed by atoms with van der Waals surface area (Å²) in [5, 5.41) is 34.1. The fourth-order valence-corrected chi connectivity index (χ4v) is 10.6. The summed E-state index contributed by atoms with van der Waals surface area (Å²) >= 11 is 0. The number of ketones is 3. The van der Waals surface area contributed by atoms with Crippen molar-refractivity contribution in [3.8, 4) is 0 Å². The van der Waals surface area contributed by atoms with E-state index in [4.69, 9.17) is 23.7 Å². The molecule has 4 aliphatic rings. The molecule has 15 atom stereocenters. The zero-order valence-corrected chi connectivity index (χ0v) is 43.4. The first kappa shape index (κ1) is 57.9. The number of ether oxygens (including phenoxy) is 5. The van der Waals surface area contributed by atoms with Crippen LogP contribution in [0.2, 0.25) is 0 Å².